The van der Waals surface area contributed by atoms with Crippen molar-refractivity contribution in [2.45, 2.75) is 39.2 Å². The summed E-state index contributed by atoms with van der Waals surface area (Å²) in [5, 5.41) is 3.49. The van der Waals surface area contributed by atoms with Gasteiger partial charge in [0.2, 0.25) is 0 Å². The van der Waals surface area contributed by atoms with Crippen molar-refractivity contribution < 1.29 is 9.47 Å². The molecule has 0 aromatic carbocycles. The number of ether oxygens (including phenoxy) is 2. The van der Waals surface area contributed by atoms with Crippen molar-refractivity contribution in [1.29, 1.82) is 0 Å². The highest BCUT2D eigenvalue weighted by atomic mass is 16.5. The normalized spacial score (nSPS) is 18.6. The Morgan fingerprint density at radius 3 is 2.73 bits per heavy atom. The zero-order chi connectivity index (χ0) is 10.9. The molecule has 1 saturated heterocycles. The van der Waals surface area contributed by atoms with Gasteiger partial charge in [-0.15, -0.1) is 0 Å². The van der Waals surface area contributed by atoms with Crippen molar-refractivity contribution >= 4 is 0 Å². The zero-order valence-corrected chi connectivity index (χ0v) is 10.1. The van der Waals surface area contributed by atoms with Crippen LogP contribution in [0.3, 0.4) is 0 Å². The fraction of sp³-hybridized carbons (Fsp3) is 1.00. The molecule has 0 radical (unpaired) electrons. The molecular weight excluding hydrogens is 190 g/mol. The highest BCUT2D eigenvalue weighted by molar-refractivity contribution is 4.65. The van der Waals surface area contributed by atoms with Gasteiger partial charge in [-0.3, -0.25) is 0 Å². The molecule has 1 fully saturated rings. The molecule has 0 unspecified atom stereocenters. The molecular formula is C12H25NO2. The van der Waals surface area contributed by atoms with E-state index in [1.165, 1.54) is 12.8 Å². The van der Waals surface area contributed by atoms with Gasteiger partial charge in [-0.05, 0) is 52.1 Å². The van der Waals surface area contributed by atoms with Crippen molar-refractivity contribution in [2.24, 2.45) is 5.92 Å². The lowest BCUT2D eigenvalue weighted by molar-refractivity contribution is 0.0643. The molecule has 1 aliphatic rings. The second kappa shape index (κ2) is 8.08. The highest BCUT2D eigenvalue weighted by Gasteiger charge is 2.12. The largest absolute Gasteiger partial charge is 0.381 e. The molecule has 0 aromatic heterocycles. The van der Waals surface area contributed by atoms with Crippen LogP contribution in [0.2, 0.25) is 0 Å². The molecule has 3 nitrogen and oxygen atoms in total. The first-order valence-electron chi connectivity index (χ1n) is 6.19. The van der Waals surface area contributed by atoms with Gasteiger partial charge in [-0.1, -0.05) is 0 Å². The summed E-state index contributed by atoms with van der Waals surface area (Å²) in [6.45, 7) is 9.14. The van der Waals surface area contributed by atoms with E-state index in [0.29, 0.717) is 6.10 Å². The lowest BCUT2D eigenvalue weighted by atomic mass is 10.0. The third kappa shape index (κ3) is 6.88. The Morgan fingerprint density at radius 2 is 2.07 bits per heavy atom. The maximum Gasteiger partial charge on any atom is 0.0518 e. The summed E-state index contributed by atoms with van der Waals surface area (Å²) in [6.07, 6.45) is 3.91. The van der Waals surface area contributed by atoms with Crippen molar-refractivity contribution in [3.05, 3.63) is 0 Å². The lowest BCUT2D eigenvalue weighted by Gasteiger charge is -2.22. The fourth-order valence-corrected chi connectivity index (χ4v) is 1.77. The molecule has 0 aliphatic carbocycles. The first-order chi connectivity index (χ1) is 7.29. The second-order valence-corrected chi connectivity index (χ2v) is 4.53. The average Bonchev–Trinajstić information content (AvgIpc) is 2.24. The molecule has 3 heteroatoms. The minimum atomic E-state index is 0.362. The van der Waals surface area contributed by atoms with Crippen LogP contribution < -0.4 is 5.32 Å². The van der Waals surface area contributed by atoms with E-state index in [9.17, 15) is 0 Å². The monoisotopic (exact) mass is 215 g/mol. The van der Waals surface area contributed by atoms with Gasteiger partial charge in [-0.25, -0.2) is 0 Å². The van der Waals surface area contributed by atoms with Crippen LogP contribution in [-0.2, 0) is 9.47 Å². The highest BCUT2D eigenvalue weighted by Crippen LogP contribution is 2.12. The Kier molecular flexibility index (Phi) is 6.98. The molecule has 0 spiro atoms. The van der Waals surface area contributed by atoms with Crippen LogP contribution in [0, 0.1) is 5.92 Å². The number of hydrogen-bond acceptors (Lipinski definition) is 3. The van der Waals surface area contributed by atoms with Crippen molar-refractivity contribution in [2.75, 3.05) is 32.9 Å². The second-order valence-electron chi connectivity index (χ2n) is 4.53. The quantitative estimate of drug-likeness (QED) is 0.657. The van der Waals surface area contributed by atoms with Crippen molar-refractivity contribution in [3.63, 3.8) is 0 Å². The average molecular weight is 215 g/mol. The molecule has 1 N–H and O–H groups in total. The SMILES string of the molecule is CC(C)OCCCNCC1CCOCC1. The molecule has 0 aromatic rings. The van der Waals surface area contributed by atoms with Gasteiger partial charge < -0.3 is 14.8 Å². The van der Waals surface area contributed by atoms with E-state index in [2.05, 4.69) is 19.2 Å². The minimum absolute atomic E-state index is 0.362. The van der Waals surface area contributed by atoms with Gasteiger partial charge in [0.25, 0.3) is 0 Å². The summed E-state index contributed by atoms with van der Waals surface area (Å²) in [6, 6.07) is 0. The van der Waals surface area contributed by atoms with Crippen LogP contribution in [0.5, 0.6) is 0 Å². The van der Waals surface area contributed by atoms with Gasteiger partial charge in [0.05, 0.1) is 6.10 Å². The number of hydrogen-bond donors (Lipinski definition) is 1. The van der Waals surface area contributed by atoms with E-state index in [1.807, 2.05) is 0 Å². The van der Waals surface area contributed by atoms with E-state index in [-0.39, 0.29) is 0 Å². The number of nitrogens with one attached hydrogen (secondary N) is 1. The van der Waals surface area contributed by atoms with Crippen LogP contribution in [-0.4, -0.2) is 39.0 Å². The third-order valence-electron chi connectivity index (χ3n) is 2.72. The first kappa shape index (κ1) is 12.9. The summed E-state index contributed by atoms with van der Waals surface area (Å²) >= 11 is 0. The smallest absolute Gasteiger partial charge is 0.0518 e. The first-order valence-corrected chi connectivity index (χ1v) is 6.19. The van der Waals surface area contributed by atoms with E-state index in [0.717, 1.165) is 45.2 Å². The Morgan fingerprint density at radius 1 is 1.33 bits per heavy atom. The minimum Gasteiger partial charge on any atom is -0.381 e. The summed E-state index contributed by atoms with van der Waals surface area (Å²) in [5.74, 6) is 0.824. The molecule has 0 bridgehead atoms. The molecule has 1 aliphatic heterocycles. The molecule has 1 rings (SSSR count). The molecule has 0 atom stereocenters. The summed E-state index contributed by atoms with van der Waals surface area (Å²) in [5.41, 5.74) is 0. The maximum absolute atomic E-state index is 5.47. The van der Waals surface area contributed by atoms with E-state index < -0.39 is 0 Å². The van der Waals surface area contributed by atoms with E-state index >= 15 is 0 Å². The van der Waals surface area contributed by atoms with Gasteiger partial charge in [0.1, 0.15) is 0 Å². The topological polar surface area (TPSA) is 30.5 Å². The van der Waals surface area contributed by atoms with Crippen LogP contribution in [0.1, 0.15) is 33.1 Å². The van der Waals surface area contributed by atoms with Crippen LogP contribution >= 0.6 is 0 Å². The predicted octanol–water partition coefficient (Wildman–Crippen LogP) is 1.82. The number of rotatable bonds is 7. The Labute approximate surface area is 93.5 Å². The van der Waals surface area contributed by atoms with Crippen molar-refractivity contribution in [1.82, 2.24) is 5.32 Å². The summed E-state index contributed by atoms with van der Waals surface area (Å²) in [7, 11) is 0. The Hall–Kier alpha value is -0.120. The van der Waals surface area contributed by atoms with Gasteiger partial charge in [0, 0.05) is 19.8 Å². The Balaban J connectivity index is 1.83. The van der Waals surface area contributed by atoms with Gasteiger partial charge in [0.15, 0.2) is 0 Å². The maximum atomic E-state index is 5.47. The standard InChI is InChI=1S/C12H25NO2/c1-11(2)15-7-3-6-13-10-12-4-8-14-9-5-12/h11-13H,3-10H2,1-2H3. The molecule has 1 heterocycles. The lowest BCUT2D eigenvalue weighted by Crippen LogP contribution is -2.28. The van der Waals surface area contributed by atoms with Crippen LogP contribution in [0.25, 0.3) is 0 Å². The van der Waals surface area contributed by atoms with Crippen molar-refractivity contribution in [3.8, 4) is 0 Å². The Bertz CT molecular complexity index is 145. The fourth-order valence-electron chi connectivity index (χ4n) is 1.77. The molecule has 0 amide bonds. The molecule has 15 heavy (non-hydrogen) atoms. The van der Waals surface area contributed by atoms with Gasteiger partial charge >= 0.3 is 0 Å². The van der Waals surface area contributed by atoms with Crippen LogP contribution in [0.15, 0.2) is 0 Å². The molecule has 90 valence electrons. The summed E-state index contributed by atoms with van der Waals surface area (Å²) in [4.78, 5) is 0. The van der Waals surface area contributed by atoms with E-state index in [4.69, 9.17) is 9.47 Å². The van der Waals surface area contributed by atoms with Gasteiger partial charge in [-0.2, -0.15) is 0 Å². The van der Waals surface area contributed by atoms with E-state index in [1.54, 1.807) is 0 Å². The molecule has 0 saturated carbocycles. The zero-order valence-electron chi connectivity index (χ0n) is 10.1. The predicted molar refractivity (Wildman–Crippen MR) is 62.1 cm³/mol. The third-order valence-corrected chi connectivity index (χ3v) is 2.72. The van der Waals surface area contributed by atoms with Crippen LogP contribution in [0.4, 0.5) is 0 Å². The summed E-state index contributed by atoms with van der Waals surface area (Å²) < 4.78 is 10.8.